The average Bonchev–Trinajstić information content (AvgIpc) is 3.50. The van der Waals surface area contributed by atoms with Gasteiger partial charge in [0.1, 0.15) is 30.3 Å². The van der Waals surface area contributed by atoms with Gasteiger partial charge in [-0.25, -0.2) is 4.68 Å². The molecule has 1 aliphatic heterocycles. The molecule has 3 heterocycles. The summed E-state index contributed by atoms with van der Waals surface area (Å²) in [5.74, 6) is 0.642. The molecule has 0 bridgehead atoms. The maximum atomic E-state index is 11.5. The molecule has 0 radical (unpaired) electrons. The Hall–Kier alpha value is -3.57. The molecule has 1 unspecified atom stereocenters. The van der Waals surface area contributed by atoms with Crippen LogP contribution in [0.15, 0.2) is 42.7 Å². The number of aliphatic hydroxyl groups excluding tert-OH is 1. The molecule has 0 fully saturated rings. The summed E-state index contributed by atoms with van der Waals surface area (Å²) in [6.07, 6.45) is 2.35. The van der Waals surface area contributed by atoms with Crippen LogP contribution in [0.3, 0.4) is 0 Å². The van der Waals surface area contributed by atoms with Crippen molar-refractivity contribution in [3.63, 3.8) is 0 Å². The van der Waals surface area contributed by atoms with Gasteiger partial charge in [-0.3, -0.25) is 14.4 Å². The van der Waals surface area contributed by atoms with Crippen LogP contribution in [0.25, 0.3) is 28.1 Å². The molecule has 0 saturated carbocycles. The number of carbonyl (C=O) groups is 1. The van der Waals surface area contributed by atoms with E-state index in [0.29, 0.717) is 32.9 Å². The van der Waals surface area contributed by atoms with Gasteiger partial charge in [-0.2, -0.15) is 10.2 Å². The third-order valence-electron chi connectivity index (χ3n) is 6.97. The number of aliphatic hydroxyl groups is 1. The minimum absolute atomic E-state index is 0.0502. The number of carbonyl (C=O) groups excluding carboxylic acids is 1. The molecule has 0 spiro atoms. The lowest BCUT2D eigenvalue weighted by Gasteiger charge is -2.35. The molecule has 1 amide bonds. The first kappa shape index (κ1) is 28.0. The molecule has 2 aromatic carbocycles. The van der Waals surface area contributed by atoms with Crippen molar-refractivity contribution in [3.8, 4) is 39.6 Å². The van der Waals surface area contributed by atoms with Gasteiger partial charge in [0.15, 0.2) is 6.23 Å². The number of hydrogen-bond acceptors (Lipinski definition) is 7. The Morgan fingerprint density at radius 1 is 1.20 bits per heavy atom. The smallest absolute Gasteiger partial charge is 0.239 e. The SMILES string of the molecule is COc1cc2c(cc1-c1cnn(CC(N)=O)c1)-c1c(c(C(O)N(C)C(C)(C)C)nn1-c1cc(Cl)cc(Cl)c1)CO2. The first-order valence-electron chi connectivity index (χ1n) is 12.5. The monoisotopic (exact) mass is 584 g/mol. The van der Waals surface area contributed by atoms with Gasteiger partial charge in [-0.05, 0) is 52.1 Å². The Morgan fingerprint density at radius 3 is 2.52 bits per heavy atom. The Morgan fingerprint density at radius 2 is 1.90 bits per heavy atom. The lowest BCUT2D eigenvalue weighted by molar-refractivity contribution is -0.118. The molecule has 0 aliphatic carbocycles. The number of ether oxygens (including phenoxy) is 2. The van der Waals surface area contributed by atoms with Gasteiger partial charge in [0.2, 0.25) is 5.91 Å². The second-order valence-corrected chi connectivity index (χ2v) is 11.5. The molecule has 210 valence electrons. The quantitative estimate of drug-likeness (QED) is 0.299. The van der Waals surface area contributed by atoms with Crippen LogP contribution in [0.2, 0.25) is 10.0 Å². The van der Waals surface area contributed by atoms with E-state index >= 15 is 0 Å². The molecule has 12 heteroatoms. The van der Waals surface area contributed by atoms with Crippen molar-refractivity contribution in [2.75, 3.05) is 14.2 Å². The predicted molar refractivity (Wildman–Crippen MR) is 153 cm³/mol. The van der Waals surface area contributed by atoms with Crippen LogP contribution >= 0.6 is 23.2 Å². The summed E-state index contributed by atoms with van der Waals surface area (Å²) >= 11 is 12.8. The molecule has 1 atom stereocenters. The van der Waals surface area contributed by atoms with Crippen LogP contribution in [-0.2, 0) is 17.9 Å². The minimum Gasteiger partial charge on any atom is -0.496 e. The van der Waals surface area contributed by atoms with Crippen molar-refractivity contribution in [1.29, 1.82) is 0 Å². The fourth-order valence-electron chi connectivity index (χ4n) is 4.65. The van der Waals surface area contributed by atoms with E-state index in [9.17, 15) is 9.90 Å². The molecule has 1 aliphatic rings. The number of nitrogens with zero attached hydrogens (tertiary/aromatic N) is 5. The van der Waals surface area contributed by atoms with E-state index in [1.807, 2.05) is 38.8 Å². The first-order chi connectivity index (χ1) is 18.9. The van der Waals surface area contributed by atoms with Crippen molar-refractivity contribution in [1.82, 2.24) is 24.5 Å². The number of fused-ring (bicyclic) bond motifs is 3. The minimum atomic E-state index is -1.01. The Kier molecular flexibility index (Phi) is 7.30. The highest BCUT2D eigenvalue weighted by Gasteiger charge is 2.35. The van der Waals surface area contributed by atoms with Gasteiger partial charge >= 0.3 is 0 Å². The number of benzene rings is 2. The number of rotatable bonds is 7. The van der Waals surface area contributed by atoms with Crippen LogP contribution in [-0.4, -0.2) is 55.2 Å². The summed E-state index contributed by atoms with van der Waals surface area (Å²) in [7, 11) is 3.42. The number of amides is 1. The maximum absolute atomic E-state index is 11.5. The van der Waals surface area contributed by atoms with Crippen LogP contribution in [0.5, 0.6) is 11.5 Å². The van der Waals surface area contributed by atoms with Crippen molar-refractivity contribution in [2.24, 2.45) is 5.73 Å². The average molecular weight is 585 g/mol. The topological polar surface area (TPSA) is 121 Å². The van der Waals surface area contributed by atoms with Crippen LogP contribution in [0.4, 0.5) is 0 Å². The molecule has 2 aromatic heterocycles. The second-order valence-electron chi connectivity index (χ2n) is 10.6. The van der Waals surface area contributed by atoms with Gasteiger partial charge in [0, 0.05) is 50.1 Å². The molecular weight excluding hydrogens is 555 g/mol. The summed E-state index contributed by atoms with van der Waals surface area (Å²) in [4.78, 5) is 13.3. The molecule has 5 rings (SSSR count). The maximum Gasteiger partial charge on any atom is 0.239 e. The molecule has 3 N–H and O–H groups in total. The number of methoxy groups -OCH3 is 1. The van der Waals surface area contributed by atoms with Gasteiger partial charge in [0.05, 0.1) is 24.7 Å². The zero-order valence-electron chi connectivity index (χ0n) is 22.8. The van der Waals surface area contributed by atoms with E-state index in [1.165, 1.54) is 4.68 Å². The third kappa shape index (κ3) is 5.15. The van der Waals surface area contributed by atoms with Crippen LogP contribution in [0, 0.1) is 0 Å². The van der Waals surface area contributed by atoms with Crippen molar-refractivity contribution >= 4 is 29.1 Å². The van der Waals surface area contributed by atoms with Crippen LogP contribution < -0.4 is 15.2 Å². The highest BCUT2D eigenvalue weighted by molar-refractivity contribution is 6.34. The van der Waals surface area contributed by atoms with E-state index in [0.717, 1.165) is 27.9 Å². The zero-order chi connectivity index (χ0) is 28.9. The fraction of sp³-hybridized carbons (Fsp3) is 0.321. The second kappa shape index (κ2) is 10.4. The number of nitrogens with two attached hydrogens (primary N) is 1. The number of primary amides is 1. The van der Waals surface area contributed by atoms with Gasteiger partial charge in [-0.15, -0.1) is 0 Å². The van der Waals surface area contributed by atoms with E-state index in [-0.39, 0.29) is 18.7 Å². The van der Waals surface area contributed by atoms with E-state index in [2.05, 4.69) is 5.10 Å². The van der Waals surface area contributed by atoms with Crippen molar-refractivity contribution < 1.29 is 19.4 Å². The fourth-order valence-corrected chi connectivity index (χ4v) is 5.17. The Balaban J connectivity index is 1.74. The van der Waals surface area contributed by atoms with Crippen molar-refractivity contribution in [3.05, 3.63) is 64.0 Å². The summed E-state index contributed by atoms with van der Waals surface area (Å²) in [6, 6.07) is 8.90. The Bertz CT molecular complexity index is 1590. The molecule has 40 heavy (non-hydrogen) atoms. The molecular formula is C28H30Cl2N6O4. The highest BCUT2D eigenvalue weighted by Crippen LogP contribution is 2.47. The van der Waals surface area contributed by atoms with Crippen molar-refractivity contribution in [2.45, 2.75) is 45.7 Å². The Labute approximate surface area is 241 Å². The summed E-state index contributed by atoms with van der Waals surface area (Å²) < 4.78 is 15.1. The normalized spacial score (nSPS) is 13.5. The highest BCUT2D eigenvalue weighted by atomic mass is 35.5. The standard InChI is InChI=1S/C28H30Cl2N6O4/c1-28(2,3)34(4)27(38)25-21-14-40-23-10-22(39-5)19(15-11-32-35(12-15)13-24(31)37)9-20(23)26(21)36(33-25)18-7-16(29)6-17(30)8-18/h6-12,27,38H,13-14H2,1-5H3,(H2,31,37). The molecule has 0 saturated heterocycles. The summed E-state index contributed by atoms with van der Waals surface area (Å²) in [5, 5.41) is 21.5. The zero-order valence-corrected chi connectivity index (χ0v) is 24.3. The van der Waals surface area contributed by atoms with Crippen LogP contribution in [0.1, 0.15) is 38.3 Å². The van der Waals surface area contributed by atoms with E-state index < -0.39 is 12.1 Å². The molecule has 4 aromatic rings. The largest absolute Gasteiger partial charge is 0.496 e. The van der Waals surface area contributed by atoms with E-state index in [4.69, 9.17) is 43.5 Å². The number of hydrogen-bond donors (Lipinski definition) is 2. The first-order valence-corrected chi connectivity index (χ1v) is 13.3. The number of halogens is 2. The summed E-state index contributed by atoms with van der Waals surface area (Å²) in [6.45, 7) is 6.17. The third-order valence-corrected chi connectivity index (χ3v) is 7.40. The van der Waals surface area contributed by atoms with Gasteiger partial charge in [-0.1, -0.05) is 23.2 Å². The summed E-state index contributed by atoms with van der Waals surface area (Å²) in [5.41, 5.74) is 9.72. The van der Waals surface area contributed by atoms with Gasteiger partial charge < -0.3 is 20.3 Å². The lowest BCUT2D eigenvalue weighted by Crippen LogP contribution is -2.41. The van der Waals surface area contributed by atoms with Gasteiger partial charge in [0.25, 0.3) is 0 Å². The van der Waals surface area contributed by atoms with E-state index in [1.54, 1.807) is 48.5 Å². The predicted octanol–water partition coefficient (Wildman–Crippen LogP) is 4.82. The molecule has 10 nitrogen and oxygen atoms in total. The lowest BCUT2D eigenvalue weighted by atomic mass is 9.96. The number of aromatic nitrogens is 4.